The van der Waals surface area contributed by atoms with Gasteiger partial charge in [-0.25, -0.2) is 4.79 Å². The first-order valence-electron chi connectivity index (χ1n) is 14.8. The van der Waals surface area contributed by atoms with Crippen molar-refractivity contribution in [2.75, 3.05) is 13.1 Å². The zero-order valence-corrected chi connectivity index (χ0v) is 25.9. The Hall–Kier alpha value is -3.55. The SMILES string of the molecule is CCCCCNC(=O)C(c1cc(C)cc(C)c1)N(CCCC)C(=O)C(Cc1ccc(O)cc1)NC(=O)OC(C)(C)C. The van der Waals surface area contributed by atoms with Crippen LogP contribution < -0.4 is 10.6 Å². The molecule has 41 heavy (non-hydrogen) atoms. The number of alkyl carbamates (subject to hydrolysis) is 1. The van der Waals surface area contributed by atoms with Gasteiger partial charge >= 0.3 is 6.09 Å². The molecular formula is C33H49N3O5. The summed E-state index contributed by atoms with van der Waals surface area (Å²) in [4.78, 5) is 42.7. The highest BCUT2D eigenvalue weighted by molar-refractivity contribution is 5.92. The number of aryl methyl sites for hydroxylation is 2. The van der Waals surface area contributed by atoms with Gasteiger partial charge in [-0.15, -0.1) is 0 Å². The Morgan fingerprint density at radius 3 is 2.10 bits per heavy atom. The maximum Gasteiger partial charge on any atom is 0.408 e. The monoisotopic (exact) mass is 567 g/mol. The normalized spacial score (nSPS) is 12.8. The summed E-state index contributed by atoms with van der Waals surface area (Å²) in [5.41, 5.74) is 2.73. The number of nitrogens with one attached hydrogen (secondary N) is 2. The summed E-state index contributed by atoms with van der Waals surface area (Å²) in [5, 5.41) is 15.6. The largest absolute Gasteiger partial charge is 0.508 e. The minimum absolute atomic E-state index is 0.107. The molecule has 0 radical (unpaired) electrons. The molecule has 0 aliphatic rings. The number of hydrogen-bond donors (Lipinski definition) is 3. The predicted molar refractivity (Wildman–Crippen MR) is 163 cm³/mol. The fraction of sp³-hybridized carbons (Fsp3) is 0.545. The molecule has 2 aromatic rings. The molecule has 8 nitrogen and oxygen atoms in total. The van der Waals surface area contributed by atoms with Crippen LogP contribution in [0.5, 0.6) is 5.75 Å². The van der Waals surface area contributed by atoms with Crippen molar-refractivity contribution in [3.8, 4) is 5.75 Å². The van der Waals surface area contributed by atoms with Crippen LogP contribution >= 0.6 is 0 Å². The smallest absolute Gasteiger partial charge is 0.408 e. The Morgan fingerprint density at radius 2 is 1.54 bits per heavy atom. The Bertz CT molecular complexity index is 1120. The second-order valence-electron chi connectivity index (χ2n) is 11.8. The van der Waals surface area contributed by atoms with Crippen LogP contribution in [0.1, 0.15) is 95.0 Å². The second kappa shape index (κ2) is 16.0. The first-order valence-corrected chi connectivity index (χ1v) is 14.8. The molecule has 226 valence electrons. The standard InChI is InChI=1S/C33H49N3O5/c1-8-10-12-17-34-30(38)29(26-20-23(3)19-24(4)21-26)36(18-11-9-2)31(39)28(35-32(40)41-33(5,6)7)22-25-13-15-27(37)16-14-25/h13-16,19-21,28-29,37H,8-12,17-18,22H2,1-7H3,(H,34,38)(H,35,40). The molecule has 2 aromatic carbocycles. The van der Waals surface area contributed by atoms with Gasteiger partial charge in [-0.2, -0.15) is 0 Å². The number of aromatic hydroxyl groups is 1. The lowest BCUT2D eigenvalue weighted by atomic mass is 9.97. The van der Waals surface area contributed by atoms with Gasteiger partial charge in [-0.05, 0) is 70.7 Å². The number of unbranched alkanes of at least 4 members (excludes halogenated alkanes) is 3. The molecule has 8 heteroatoms. The third-order valence-electron chi connectivity index (χ3n) is 6.60. The molecule has 0 bridgehead atoms. The summed E-state index contributed by atoms with van der Waals surface area (Å²) >= 11 is 0. The first kappa shape index (κ1) is 33.7. The van der Waals surface area contributed by atoms with E-state index in [-0.39, 0.29) is 24.0 Å². The van der Waals surface area contributed by atoms with Crippen LogP contribution in [0.3, 0.4) is 0 Å². The van der Waals surface area contributed by atoms with Crippen molar-refractivity contribution >= 4 is 17.9 Å². The number of hydrogen-bond acceptors (Lipinski definition) is 5. The Morgan fingerprint density at radius 1 is 0.927 bits per heavy atom. The summed E-state index contributed by atoms with van der Waals surface area (Å²) in [6, 6.07) is 10.6. The molecular weight excluding hydrogens is 518 g/mol. The predicted octanol–water partition coefficient (Wildman–Crippen LogP) is 6.12. The number of phenols is 1. The maximum absolute atomic E-state index is 14.4. The van der Waals surface area contributed by atoms with Crippen molar-refractivity contribution in [2.45, 2.75) is 105 Å². The minimum Gasteiger partial charge on any atom is -0.508 e. The van der Waals surface area contributed by atoms with Gasteiger partial charge in [-0.3, -0.25) is 9.59 Å². The average molecular weight is 568 g/mol. The lowest BCUT2D eigenvalue weighted by Gasteiger charge is -2.35. The van der Waals surface area contributed by atoms with Crippen LogP contribution in [0.4, 0.5) is 4.79 Å². The van der Waals surface area contributed by atoms with E-state index < -0.39 is 23.8 Å². The second-order valence-corrected chi connectivity index (χ2v) is 11.8. The highest BCUT2D eigenvalue weighted by Crippen LogP contribution is 2.26. The molecule has 3 amide bonds. The number of ether oxygens (including phenoxy) is 1. The van der Waals surface area contributed by atoms with Gasteiger partial charge in [0, 0.05) is 19.5 Å². The van der Waals surface area contributed by atoms with Crippen LogP contribution in [-0.2, 0) is 20.7 Å². The highest BCUT2D eigenvalue weighted by atomic mass is 16.6. The van der Waals surface area contributed by atoms with Gasteiger partial charge in [0.2, 0.25) is 11.8 Å². The minimum atomic E-state index is -0.993. The van der Waals surface area contributed by atoms with Gasteiger partial charge in [0.05, 0.1) is 0 Å². The molecule has 0 aromatic heterocycles. The molecule has 3 N–H and O–H groups in total. The molecule has 0 fully saturated rings. The Balaban J connectivity index is 2.55. The van der Waals surface area contributed by atoms with E-state index >= 15 is 0 Å². The van der Waals surface area contributed by atoms with Gasteiger partial charge in [0.1, 0.15) is 23.4 Å². The van der Waals surface area contributed by atoms with E-state index in [1.807, 2.05) is 39.0 Å². The van der Waals surface area contributed by atoms with E-state index in [0.29, 0.717) is 19.5 Å². The van der Waals surface area contributed by atoms with E-state index in [4.69, 9.17) is 4.74 Å². The molecule has 2 unspecified atom stereocenters. The molecule has 0 spiro atoms. The quantitative estimate of drug-likeness (QED) is 0.238. The molecule has 0 aliphatic heterocycles. The molecule has 2 atom stereocenters. The number of benzene rings is 2. The molecule has 0 saturated carbocycles. The van der Waals surface area contributed by atoms with Crippen molar-refractivity contribution < 1.29 is 24.2 Å². The summed E-state index contributed by atoms with van der Waals surface area (Å²) in [5.74, 6) is -0.502. The lowest BCUT2D eigenvalue weighted by Crippen LogP contribution is -2.54. The number of phenolic OH excluding ortho intramolecular Hbond substituents is 1. The summed E-state index contributed by atoms with van der Waals surface area (Å²) < 4.78 is 5.50. The summed E-state index contributed by atoms with van der Waals surface area (Å²) in [7, 11) is 0. The van der Waals surface area contributed by atoms with Crippen molar-refractivity contribution in [3.05, 3.63) is 64.7 Å². The number of nitrogens with zero attached hydrogens (tertiary/aromatic N) is 1. The van der Waals surface area contributed by atoms with Crippen molar-refractivity contribution in [2.24, 2.45) is 0 Å². The summed E-state index contributed by atoms with van der Waals surface area (Å²) in [6.45, 7) is 14.2. The number of amides is 3. The maximum atomic E-state index is 14.4. The van der Waals surface area contributed by atoms with E-state index in [2.05, 4.69) is 17.6 Å². The van der Waals surface area contributed by atoms with E-state index in [1.165, 1.54) is 0 Å². The third kappa shape index (κ3) is 11.5. The van der Waals surface area contributed by atoms with Gasteiger partial charge in [0.15, 0.2) is 0 Å². The Labute approximate surface area is 245 Å². The molecule has 2 rings (SSSR count). The number of rotatable bonds is 14. The molecule has 0 heterocycles. The summed E-state index contributed by atoms with van der Waals surface area (Å²) in [6.07, 6.45) is 3.86. The van der Waals surface area contributed by atoms with Crippen molar-refractivity contribution in [1.82, 2.24) is 15.5 Å². The van der Waals surface area contributed by atoms with E-state index in [0.717, 1.165) is 47.9 Å². The molecule has 0 saturated heterocycles. The van der Waals surface area contributed by atoms with E-state index in [9.17, 15) is 19.5 Å². The fourth-order valence-corrected chi connectivity index (χ4v) is 4.74. The third-order valence-corrected chi connectivity index (χ3v) is 6.60. The average Bonchev–Trinajstić information content (AvgIpc) is 2.87. The van der Waals surface area contributed by atoms with Crippen molar-refractivity contribution in [1.29, 1.82) is 0 Å². The van der Waals surface area contributed by atoms with Crippen LogP contribution in [0, 0.1) is 13.8 Å². The highest BCUT2D eigenvalue weighted by Gasteiger charge is 2.36. The van der Waals surface area contributed by atoms with Crippen LogP contribution in [0.25, 0.3) is 0 Å². The molecule has 0 aliphatic carbocycles. The van der Waals surface area contributed by atoms with Crippen LogP contribution in [0.2, 0.25) is 0 Å². The zero-order chi connectivity index (χ0) is 30.6. The van der Waals surface area contributed by atoms with Crippen LogP contribution in [-0.4, -0.2) is 52.6 Å². The first-order chi connectivity index (χ1) is 19.3. The van der Waals surface area contributed by atoms with Gasteiger partial charge in [0.25, 0.3) is 0 Å². The van der Waals surface area contributed by atoms with Gasteiger partial charge in [-0.1, -0.05) is 74.6 Å². The zero-order valence-electron chi connectivity index (χ0n) is 25.9. The topological polar surface area (TPSA) is 108 Å². The van der Waals surface area contributed by atoms with Gasteiger partial charge < -0.3 is 25.4 Å². The lowest BCUT2D eigenvalue weighted by molar-refractivity contribution is -0.142. The number of carbonyl (C=O) groups is 3. The van der Waals surface area contributed by atoms with E-state index in [1.54, 1.807) is 49.9 Å². The number of carbonyl (C=O) groups excluding carboxylic acids is 3. The fourth-order valence-electron chi connectivity index (χ4n) is 4.74. The Kier molecular flexibility index (Phi) is 13.2. The van der Waals surface area contributed by atoms with Crippen LogP contribution in [0.15, 0.2) is 42.5 Å². The van der Waals surface area contributed by atoms with Crippen molar-refractivity contribution in [3.63, 3.8) is 0 Å².